The van der Waals surface area contributed by atoms with E-state index in [0.717, 1.165) is 43.4 Å². The number of urea groups is 1. The van der Waals surface area contributed by atoms with E-state index in [1.807, 2.05) is 24.3 Å². The van der Waals surface area contributed by atoms with Crippen LogP contribution in [0.5, 0.6) is 0 Å². The Morgan fingerprint density at radius 1 is 1.26 bits per heavy atom. The lowest BCUT2D eigenvalue weighted by atomic mass is 9.89. The van der Waals surface area contributed by atoms with Gasteiger partial charge in [0.15, 0.2) is 0 Å². The maximum atomic E-state index is 12.2. The summed E-state index contributed by atoms with van der Waals surface area (Å²) in [7, 11) is 0. The van der Waals surface area contributed by atoms with Crippen LogP contribution in [0.25, 0.3) is 0 Å². The van der Waals surface area contributed by atoms with E-state index in [1.54, 1.807) is 0 Å². The van der Waals surface area contributed by atoms with Crippen molar-refractivity contribution < 1.29 is 14.6 Å². The molecule has 2 amide bonds. The predicted octanol–water partition coefficient (Wildman–Crippen LogP) is 2.47. The van der Waals surface area contributed by atoms with Crippen molar-refractivity contribution in [3.63, 3.8) is 0 Å². The molecular formula is C18H26N2O3. The molecule has 0 aromatic heterocycles. The molecule has 1 aromatic carbocycles. The molecule has 1 heterocycles. The van der Waals surface area contributed by atoms with Gasteiger partial charge in [-0.3, -0.25) is 0 Å². The van der Waals surface area contributed by atoms with E-state index in [4.69, 9.17) is 4.74 Å². The first-order valence-corrected chi connectivity index (χ1v) is 8.57. The summed E-state index contributed by atoms with van der Waals surface area (Å²) in [6.45, 7) is 1.15. The molecule has 1 aliphatic carbocycles. The SMILES string of the molecule is O=C(NCc1ccccc1CO)NC1CCOC2(CCCC2)C1. The van der Waals surface area contributed by atoms with Gasteiger partial charge in [-0.15, -0.1) is 0 Å². The Balaban J connectivity index is 1.49. The van der Waals surface area contributed by atoms with E-state index in [2.05, 4.69) is 10.6 Å². The van der Waals surface area contributed by atoms with Crippen molar-refractivity contribution in [2.75, 3.05) is 6.61 Å². The Kier molecular flexibility index (Phi) is 5.18. The van der Waals surface area contributed by atoms with Gasteiger partial charge < -0.3 is 20.5 Å². The summed E-state index contributed by atoms with van der Waals surface area (Å²) < 4.78 is 6.00. The minimum Gasteiger partial charge on any atom is -0.392 e. The Hall–Kier alpha value is -1.59. The van der Waals surface area contributed by atoms with Crippen molar-refractivity contribution in [3.05, 3.63) is 35.4 Å². The number of aliphatic hydroxyl groups excluding tert-OH is 1. The molecule has 1 spiro atoms. The molecule has 3 N–H and O–H groups in total. The van der Waals surface area contributed by atoms with Crippen LogP contribution in [0, 0.1) is 0 Å². The second kappa shape index (κ2) is 7.32. The van der Waals surface area contributed by atoms with Crippen LogP contribution in [0.4, 0.5) is 4.79 Å². The van der Waals surface area contributed by atoms with Crippen molar-refractivity contribution in [1.29, 1.82) is 0 Å². The van der Waals surface area contributed by atoms with E-state index in [9.17, 15) is 9.90 Å². The Morgan fingerprint density at radius 3 is 2.74 bits per heavy atom. The average molecular weight is 318 g/mol. The lowest BCUT2D eigenvalue weighted by molar-refractivity contribution is -0.0820. The number of ether oxygens (including phenoxy) is 1. The number of amides is 2. The van der Waals surface area contributed by atoms with Crippen LogP contribution in [-0.2, 0) is 17.9 Å². The van der Waals surface area contributed by atoms with E-state index in [0.29, 0.717) is 6.54 Å². The quantitative estimate of drug-likeness (QED) is 0.799. The van der Waals surface area contributed by atoms with Crippen molar-refractivity contribution in [2.24, 2.45) is 0 Å². The molecular weight excluding hydrogens is 292 g/mol. The molecule has 1 aliphatic heterocycles. The maximum Gasteiger partial charge on any atom is 0.315 e. The number of rotatable bonds is 4. The van der Waals surface area contributed by atoms with Gasteiger partial charge in [-0.05, 0) is 36.8 Å². The minimum atomic E-state index is -0.141. The van der Waals surface area contributed by atoms with Crippen LogP contribution in [0.3, 0.4) is 0 Å². The zero-order chi connectivity index (χ0) is 16.1. The number of hydrogen-bond acceptors (Lipinski definition) is 3. The first-order valence-electron chi connectivity index (χ1n) is 8.57. The zero-order valence-corrected chi connectivity index (χ0v) is 13.5. The van der Waals surface area contributed by atoms with Gasteiger partial charge in [-0.2, -0.15) is 0 Å². The molecule has 2 aliphatic rings. The average Bonchev–Trinajstić information content (AvgIpc) is 3.01. The van der Waals surface area contributed by atoms with E-state index in [-0.39, 0.29) is 24.3 Å². The van der Waals surface area contributed by atoms with Gasteiger partial charge in [0.1, 0.15) is 0 Å². The van der Waals surface area contributed by atoms with Crippen LogP contribution in [0.1, 0.15) is 49.7 Å². The maximum absolute atomic E-state index is 12.2. The molecule has 3 rings (SSSR count). The largest absolute Gasteiger partial charge is 0.392 e. The van der Waals surface area contributed by atoms with Gasteiger partial charge in [0.25, 0.3) is 0 Å². The topological polar surface area (TPSA) is 70.6 Å². The second-order valence-electron chi connectivity index (χ2n) is 6.68. The third kappa shape index (κ3) is 4.03. The summed E-state index contributed by atoms with van der Waals surface area (Å²) in [5.74, 6) is 0. The van der Waals surface area contributed by atoms with Crippen molar-refractivity contribution in [1.82, 2.24) is 10.6 Å². The first kappa shape index (κ1) is 16.3. The van der Waals surface area contributed by atoms with Crippen LogP contribution >= 0.6 is 0 Å². The highest BCUT2D eigenvalue weighted by molar-refractivity contribution is 5.74. The lowest BCUT2D eigenvalue weighted by Gasteiger charge is -2.38. The minimum absolute atomic E-state index is 0.0119. The molecule has 5 heteroatoms. The van der Waals surface area contributed by atoms with Gasteiger partial charge in [-0.25, -0.2) is 4.79 Å². The lowest BCUT2D eigenvalue weighted by Crippen LogP contribution is -2.49. The number of carbonyl (C=O) groups is 1. The fraction of sp³-hybridized carbons (Fsp3) is 0.611. The summed E-state index contributed by atoms with van der Waals surface area (Å²) in [6, 6.07) is 7.65. The molecule has 1 unspecified atom stereocenters. The highest BCUT2D eigenvalue weighted by atomic mass is 16.5. The van der Waals surface area contributed by atoms with Crippen LogP contribution < -0.4 is 10.6 Å². The van der Waals surface area contributed by atoms with E-state index in [1.165, 1.54) is 12.8 Å². The second-order valence-corrected chi connectivity index (χ2v) is 6.68. The highest BCUT2D eigenvalue weighted by Crippen LogP contribution is 2.39. The summed E-state index contributed by atoms with van der Waals surface area (Å²) in [6.07, 6.45) is 6.51. The monoisotopic (exact) mass is 318 g/mol. The van der Waals surface area contributed by atoms with Gasteiger partial charge in [-0.1, -0.05) is 37.1 Å². The molecule has 5 nitrogen and oxygen atoms in total. The molecule has 1 atom stereocenters. The van der Waals surface area contributed by atoms with Gasteiger partial charge in [0, 0.05) is 19.2 Å². The molecule has 126 valence electrons. The summed E-state index contributed by atoms with van der Waals surface area (Å²) in [5.41, 5.74) is 1.81. The highest BCUT2D eigenvalue weighted by Gasteiger charge is 2.40. The van der Waals surface area contributed by atoms with Crippen LogP contribution in [0.15, 0.2) is 24.3 Å². The molecule has 1 saturated heterocycles. The first-order chi connectivity index (χ1) is 11.2. The van der Waals surface area contributed by atoms with Crippen molar-refractivity contribution >= 4 is 6.03 Å². The number of benzene rings is 1. The molecule has 23 heavy (non-hydrogen) atoms. The van der Waals surface area contributed by atoms with E-state index < -0.39 is 0 Å². The Bertz CT molecular complexity index is 541. The predicted molar refractivity (Wildman–Crippen MR) is 87.9 cm³/mol. The molecule has 1 saturated carbocycles. The summed E-state index contributed by atoms with van der Waals surface area (Å²) in [4.78, 5) is 12.2. The normalized spacial score (nSPS) is 22.9. The zero-order valence-electron chi connectivity index (χ0n) is 13.5. The van der Waals surface area contributed by atoms with Crippen LogP contribution in [0.2, 0.25) is 0 Å². The van der Waals surface area contributed by atoms with Crippen molar-refractivity contribution in [3.8, 4) is 0 Å². The van der Waals surface area contributed by atoms with Gasteiger partial charge >= 0.3 is 6.03 Å². The van der Waals surface area contributed by atoms with E-state index >= 15 is 0 Å². The third-order valence-corrected chi connectivity index (χ3v) is 5.07. The van der Waals surface area contributed by atoms with Gasteiger partial charge in [0.05, 0.1) is 12.2 Å². The molecule has 0 bridgehead atoms. The third-order valence-electron chi connectivity index (χ3n) is 5.07. The Labute approximate surface area is 137 Å². The standard InChI is InChI=1S/C18H26N2O3/c21-13-15-6-2-1-5-14(15)12-19-17(22)20-16-7-10-23-18(11-16)8-3-4-9-18/h1-2,5-6,16,21H,3-4,7-13H2,(H2,19,20,22). The molecule has 2 fully saturated rings. The molecule has 0 radical (unpaired) electrons. The molecule has 1 aromatic rings. The fourth-order valence-electron chi connectivity index (χ4n) is 3.81. The number of hydrogen-bond donors (Lipinski definition) is 3. The van der Waals surface area contributed by atoms with Crippen molar-refractivity contribution in [2.45, 2.75) is 63.3 Å². The fourth-order valence-corrected chi connectivity index (χ4v) is 3.81. The smallest absolute Gasteiger partial charge is 0.315 e. The Morgan fingerprint density at radius 2 is 2.00 bits per heavy atom. The number of nitrogens with one attached hydrogen (secondary N) is 2. The number of carbonyl (C=O) groups excluding carboxylic acids is 1. The summed E-state index contributed by atoms with van der Waals surface area (Å²) >= 11 is 0. The van der Waals surface area contributed by atoms with Gasteiger partial charge in [0.2, 0.25) is 0 Å². The number of aliphatic hydroxyl groups is 1. The summed E-state index contributed by atoms with van der Waals surface area (Å²) in [5, 5.41) is 15.3. The van der Waals surface area contributed by atoms with Crippen LogP contribution in [-0.4, -0.2) is 29.4 Å².